The van der Waals surface area contributed by atoms with Crippen molar-refractivity contribution in [3.8, 4) is 0 Å². The van der Waals surface area contributed by atoms with Gasteiger partial charge in [0.1, 0.15) is 5.82 Å². The second kappa shape index (κ2) is 6.50. The molecule has 2 N–H and O–H groups in total. The van der Waals surface area contributed by atoms with E-state index in [9.17, 15) is 9.50 Å². The quantitative estimate of drug-likeness (QED) is 0.829. The van der Waals surface area contributed by atoms with E-state index in [1.54, 1.807) is 19.1 Å². The molecule has 0 aromatic heterocycles. The number of rotatable bonds is 6. The van der Waals surface area contributed by atoms with Crippen LogP contribution in [-0.2, 0) is 0 Å². The summed E-state index contributed by atoms with van der Waals surface area (Å²) in [5.41, 5.74) is 0.0951. The van der Waals surface area contributed by atoms with Gasteiger partial charge in [-0.1, -0.05) is 31.0 Å². The molecule has 0 amide bonds. The highest BCUT2D eigenvalue weighted by Gasteiger charge is 2.20. The molecule has 0 bridgehead atoms. The molecule has 0 saturated heterocycles. The van der Waals surface area contributed by atoms with E-state index in [0.717, 1.165) is 18.4 Å². The Morgan fingerprint density at radius 2 is 2.17 bits per heavy atom. The fourth-order valence-electron chi connectivity index (χ4n) is 1.90. The number of aliphatic hydroxyl groups is 1. The van der Waals surface area contributed by atoms with Crippen molar-refractivity contribution in [2.75, 3.05) is 6.54 Å². The maximum atomic E-state index is 13.3. The Hall–Kier alpha value is -0.640. The zero-order valence-electron chi connectivity index (χ0n) is 11.1. The molecule has 2 nitrogen and oxygen atoms in total. The van der Waals surface area contributed by atoms with Crippen LogP contribution < -0.4 is 5.32 Å². The molecule has 1 aromatic carbocycles. The van der Waals surface area contributed by atoms with Crippen LogP contribution in [0, 0.1) is 5.82 Å². The predicted molar refractivity (Wildman–Crippen MR) is 73.4 cm³/mol. The Morgan fingerprint density at radius 3 is 2.72 bits per heavy atom. The summed E-state index contributed by atoms with van der Waals surface area (Å²) in [7, 11) is 0. The van der Waals surface area contributed by atoms with Crippen LogP contribution in [0.15, 0.2) is 18.2 Å². The van der Waals surface area contributed by atoms with E-state index in [2.05, 4.69) is 5.32 Å². The Morgan fingerprint density at radius 1 is 1.50 bits per heavy atom. The van der Waals surface area contributed by atoms with Crippen LogP contribution in [0.2, 0.25) is 5.02 Å². The van der Waals surface area contributed by atoms with Crippen LogP contribution in [0.1, 0.15) is 45.2 Å². The third kappa shape index (κ3) is 4.56. The highest BCUT2D eigenvalue weighted by molar-refractivity contribution is 6.30. The summed E-state index contributed by atoms with van der Waals surface area (Å²) in [4.78, 5) is 0. The van der Waals surface area contributed by atoms with Crippen molar-refractivity contribution < 1.29 is 9.50 Å². The fraction of sp³-hybridized carbons (Fsp3) is 0.571. The first-order valence-corrected chi connectivity index (χ1v) is 6.64. The van der Waals surface area contributed by atoms with Crippen LogP contribution in [0.25, 0.3) is 0 Å². The van der Waals surface area contributed by atoms with Crippen molar-refractivity contribution in [2.24, 2.45) is 0 Å². The van der Waals surface area contributed by atoms with Gasteiger partial charge in [0.2, 0.25) is 0 Å². The molecule has 0 radical (unpaired) electrons. The molecular formula is C14H21ClFNO. The van der Waals surface area contributed by atoms with Gasteiger partial charge >= 0.3 is 0 Å². The molecule has 0 aliphatic heterocycles. The molecule has 0 aliphatic carbocycles. The van der Waals surface area contributed by atoms with E-state index in [1.165, 1.54) is 6.07 Å². The number of hydrogen-bond donors (Lipinski definition) is 2. The molecule has 0 heterocycles. The first-order chi connectivity index (χ1) is 8.35. The normalized spacial score (nSPS) is 16.3. The van der Waals surface area contributed by atoms with Crippen LogP contribution >= 0.6 is 11.6 Å². The summed E-state index contributed by atoms with van der Waals surface area (Å²) in [6.07, 6.45) is 1.67. The lowest BCUT2D eigenvalue weighted by Gasteiger charge is -2.25. The van der Waals surface area contributed by atoms with Gasteiger partial charge in [0.25, 0.3) is 0 Å². The van der Waals surface area contributed by atoms with E-state index >= 15 is 0 Å². The molecule has 102 valence electrons. The predicted octanol–water partition coefficient (Wildman–Crippen LogP) is 3.68. The standard InChI is InChI=1S/C14H21ClFNO/c1-4-7-14(3,18)9-17-10(2)11-5-6-12(15)13(16)8-11/h5-6,8,10,17-18H,4,7,9H2,1-3H3. The molecule has 0 saturated carbocycles. The first-order valence-electron chi connectivity index (χ1n) is 6.26. The van der Waals surface area contributed by atoms with E-state index in [0.29, 0.717) is 6.54 Å². The topological polar surface area (TPSA) is 32.3 Å². The van der Waals surface area contributed by atoms with Crippen LogP contribution in [-0.4, -0.2) is 17.3 Å². The van der Waals surface area contributed by atoms with Gasteiger partial charge in [0.15, 0.2) is 0 Å². The van der Waals surface area contributed by atoms with Gasteiger partial charge < -0.3 is 10.4 Å². The molecule has 1 aromatic rings. The number of nitrogens with one attached hydrogen (secondary N) is 1. The summed E-state index contributed by atoms with van der Waals surface area (Å²) in [5.74, 6) is -0.414. The lowest BCUT2D eigenvalue weighted by atomic mass is 9.99. The molecule has 18 heavy (non-hydrogen) atoms. The molecule has 1 rings (SSSR count). The largest absolute Gasteiger partial charge is 0.389 e. The Bertz CT molecular complexity index is 395. The van der Waals surface area contributed by atoms with Crippen molar-refractivity contribution in [3.63, 3.8) is 0 Å². The lowest BCUT2D eigenvalue weighted by Crippen LogP contribution is -2.38. The second-order valence-electron chi connectivity index (χ2n) is 5.02. The van der Waals surface area contributed by atoms with Crippen molar-refractivity contribution in [3.05, 3.63) is 34.6 Å². The van der Waals surface area contributed by atoms with Gasteiger partial charge in [0, 0.05) is 12.6 Å². The number of hydrogen-bond acceptors (Lipinski definition) is 2. The molecule has 0 spiro atoms. The van der Waals surface area contributed by atoms with Gasteiger partial charge in [-0.05, 0) is 38.0 Å². The van der Waals surface area contributed by atoms with Gasteiger partial charge in [-0.3, -0.25) is 0 Å². The summed E-state index contributed by atoms with van der Waals surface area (Å²) in [6.45, 7) is 6.25. The molecule has 2 unspecified atom stereocenters. The van der Waals surface area contributed by atoms with E-state index in [1.807, 2.05) is 13.8 Å². The van der Waals surface area contributed by atoms with Crippen LogP contribution in [0.4, 0.5) is 4.39 Å². The maximum absolute atomic E-state index is 13.3. The summed E-state index contributed by atoms with van der Waals surface area (Å²) in [5, 5.41) is 13.4. The van der Waals surface area contributed by atoms with Crippen LogP contribution in [0.3, 0.4) is 0 Å². The summed E-state index contributed by atoms with van der Waals surface area (Å²) < 4.78 is 13.3. The number of benzene rings is 1. The third-order valence-electron chi connectivity index (χ3n) is 3.02. The van der Waals surface area contributed by atoms with Gasteiger partial charge in [-0.25, -0.2) is 4.39 Å². The smallest absolute Gasteiger partial charge is 0.142 e. The van der Waals surface area contributed by atoms with Crippen molar-refractivity contribution >= 4 is 11.6 Å². The average Bonchev–Trinajstić information content (AvgIpc) is 2.30. The van der Waals surface area contributed by atoms with Gasteiger partial charge in [0.05, 0.1) is 10.6 Å². The third-order valence-corrected chi connectivity index (χ3v) is 3.33. The second-order valence-corrected chi connectivity index (χ2v) is 5.43. The highest BCUT2D eigenvalue weighted by atomic mass is 35.5. The average molecular weight is 274 g/mol. The minimum Gasteiger partial charge on any atom is -0.389 e. The van der Waals surface area contributed by atoms with Crippen molar-refractivity contribution in [2.45, 2.75) is 45.3 Å². The molecule has 0 aliphatic rings. The minimum absolute atomic E-state index is 0.0277. The molecule has 4 heteroatoms. The first kappa shape index (κ1) is 15.4. The van der Waals surface area contributed by atoms with E-state index in [-0.39, 0.29) is 11.1 Å². The fourth-order valence-corrected chi connectivity index (χ4v) is 2.02. The van der Waals surface area contributed by atoms with Crippen LogP contribution in [0.5, 0.6) is 0 Å². The summed E-state index contributed by atoms with van der Waals surface area (Å²) in [6, 6.07) is 4.74. The Labute approximate surface area is 113 Å². The van der Waals surface area contributed by atoms with Gasteiger partial charge in [-0.2, -0.15) is 0 Å². The van der Waals surface area contributed by atoms with Crippen molar-refractivity contribution in [1.29, 1.82) is 0 Å². The SMILES string of the molecule is CCCC(C)(O)CNC(C)c1ccc(Cl)c(F)c1. The Kier molecular flexibility index (Phi) is 5.57. The zero-order valence-corrected chi connectivity index (χ0v) is 11.9. The van der Waals surface area contributed by atoms with E-state index in [4.69, 9.17) is 11.6 Å². The Balaban J connectivity index is 2.60. The highest BCUT2D eigenvalue weighted by Crippen LogP contribution is 2.21. The molecular weight excluding hydrogens is 253 g/mol. The number of halogens is 2. The molecule has 2 atom stereocenters. The van der Waals surface area contributed by atoms with Crippen molar-refractivity contribution in [1.82, 2.24) is 5.32 Å². The monoisotopic (exact) mass is 273 g/mol. The minimum atomic E-state index is -0.728. The van der Waals surface area contributed by atoms with E-state index < -0.39 is 11.4 Å². The maximum Gasteiger partial charge on any atom is 0.142 e. The van der Waals surface area contributed by atoms with Gasteiger partial charge in [-0.15, -0.1) is 0 Å². The zero-order chi connectivity index (χ0) is 13.8. The summed E-state index contributed by atoms with van der Waals surface area (Å²) >= 11 is 5.64. The lowest BCUT2D eigenvalue weighted by molar-refractivity contribution is 0.0476. The molecule has 0 fully saturated rings.